The summed E-state index contributed by atoms with van der Waals surface area (Å²) in [6.07, 6.45) is 1.06. The molecule has 1 N–H and O–H groups in total. The number of hydrogen-bond donors (Lipinski definition) is 1. The minimum absolute atomic E-state index is 0.361. The molecule has 0 spiro atoms. The third-order valence-electron chi connectivity index (χ3n) is 3.22. The van der Waals surface area contributed by atoms with Crippen LogP contribution in [0.3, 0.4) is 0 Å². The number of likely N-dealkylation sites (N-methyl/N-ethyl adjacent to an activating group) is 2. The van der Waals surface area contributed by atoms with Crippen molar-refractivity contribution in [3.63, 3.8) is 0 Å². The zero-order valence-electron chi connectivity index (χ0n) is 13.5. The van der Waals surface area contributed by atoms with Crippen LogP contribution in [0, 0.1) is 0 Å². The van der Waals surface area contributed by atoms with Gasteiger partial charge in [-0.2, -0.15) is 4.31 Å². The summed E-state index contributed by atoms with van der Waals surface area (Å²) in [5, 5.41) is 3.28. The minimum Gasteiger partial charge on any atom is -0.313 e. The summed E-state index contributed by atoms with van der Waals surface area (Å²) in [5.74, 6) is 0. The van der Waals surface area contributed by atoms with Gasteiger partial charge in [-0.05, 0) is 44.8 Å². The van der Waals surface area contributed by atoms with Crippen LogP contribution in [-0.2, 0) is 16.6 Å². The SMILES string of the molecule is CCCNCc1cccc(S(=O)(=O)N(C)CCN(C)C)c1. The van der Waals surface area contributed by atoms with Crippen LogP contribution in [0.4, 0.5) is 0 Å². The van der Waals surface area contributed by atoms with Crippen molar-refractivity contribution in [2.75, 3.05) is 40.8 Å². The topological polar surface area (TPSA) is 52.7 Å². The Morgan fingerprint density at radius 1 is 1.14 bits per heavy atom. The lowest BCUT2D eigenvalue weighted by molar-refractivity contribution is 0.358. The number of hydrogen-bond acceptors (Lipinski definition) is 4. The fraction of sp³-hybridized carbons (Fsp3) is 0.600. The Balaban J connectivity index is 2.80. The first kappa shape index (κ1) is 18.1. The van der Waals surface area contributed by atoms with Gasteiger partial charge in [0.05, 0.1) is 4.90 Å². The maximum Gasteiger partial charge on any atom is 0.242 e. The lowest BCUT2D eigenvalue weighted by atomic mass is 10.2. The van der Waals surface area contributed by atoms with Crippen molar-refractivity contribution in [1.82, 2.24) is 14.5 Å². The smallest absolute Gasteiger partial charge is 0.242 e. The van der Waals surface area contributed by atoms with Crippen molar-refractivity contribution in [3.05, 3.63) is 29.8 Å². The van der Waals surface area contributed by atoms with E-state index in [4.69, 9.17) is 0 Å². The Kier molecular flexibility index (Phi) is 7.31. The van der Waals surface area contributed by atoms with Crippen LogP contribution < -0.4 is 5.32 Å². The molecule has 1 aromatic carbocycles. The summed E-state index contributed by atoms with van der Waals surface area (Å²) in [6, 6.07) is 7.16. The van der Waals surface area contributed by atoms with E-state index in [9.17, 15) is 8.42 Å². The fourth-order valence-corrected chi connectivity index (χ4v) is 3.10. The molecule has 5 nitrogen and oxygen atoms in total. The van der Waals surface area contributed by atoms with Crippen molar-refractivity contribution < 1.29 is 8.42 Å². The molecular weight excluding hydrogens is 286 g/mol. The highest BCUT2D eigenvalue weighted by molar-refractivity contribution is 7.89. The number of rotatable bonds is 9. The van der Waals surface area contributed by atoms with E-state index in [0.717, 1.165) is 18.5 Å². The van der Waals surface area contributed by atoms with Crippen molar-refractivity contribution in [1.29, 1.82) is 0 Å². The molecule has 0 fully saturated rings. The van der Waals surface area contributed by atoms with E-state index < -0.39 is 10.0 Å². The molecule has 0 aliphatic heterocycles. The molecular formula is C15H27N3O2S. The van der Waals surface area contributed by atoms with Gasteiger partial charge >= 0.3 is 0 Å². The first-order valence-electron chi connectivity index (χ1n) is 7.28. The van der Waals surface area contributed by atoms with E-state index in [1.54, 1.807) is 25.2 Å². The van der Waals surface area contributed by atoms with E-state index >= 15 is 0 Å². The second-order valence-electron chi connectivity index (χ2n) is 5.45. The second kappa shape index (κ2) is 8.48. The molecule has 6 heteroatoms. The average Bonchev–Trinajstić information content (AvgIpc) is 2.45. The summed E-state index contributed by atoms with van der Waals surface area (Å²) in [5.41, 5.74) is 0.991. The summed E-state index contributed by atoms with van der Waals surface area (Å²) >= 11 is 0. The summed E-state index contributed by atoms with van der Waals surface area (Å²) < 4.78 is 26.4. The minimum atomic E-state index is -3.41. The third-order valence-corrected chi connectivity index (χ3v) is 5.08. The van der Waals surface area contributed by atoms with Crippen molar-refractivity contribution >= 4 is 10.0 Å². The first-order valence-corrected chi connectivity index (χ1v) is 8.72. The van der Waals surface area contributed by atoms with Crippen molar-refractivity contribution in [2.24, 2.45) is 0 Å². The van der Waals surface area contributed by atoms with E-state index in [1.165, 1.54) is 4.31 Å². The second-order valence-corrected chi connectivity index (χ2v) is 7.50. The van der Waals surface area contributed by atoms with Gasteiger partial charge in [-0.15, -0.1) is 0 Å². The molecule has 0 amide bonds. The quantitative estimate of drug-likeness (QED) is 0.700. The van der Waals surface area contributed by atoms with Gasteiger partial charge in [0.25, 0.3) is 0 Å². The van der Waals surface area contributed by atoms with E-state index in [0.29, 0.717) is 24.5 Å². The molecule has 0 saturated heterocycles. The van der Waals surface area contributed by atoms with Crippen LogP contribution in [0.1, 0.15) is 18.9 Å². The molecule has 21 heavy (non-hydrogen) atoms. The molecule has 0 saturated carbocycles. The van der Waals surface area contributed by atoms with Gasteiger partial charge < -0.3 is 10.2 Å². The summed E-state index contributed by atoms with van der Waals surface area (Å²) in [7, 11) is 2.08. The highest BCUT2D eigenvalue weighted by atomic mass is 32.2. The number of nitrogens with one attached hydrogen (secondary N) is 1. The third kappa shape index (κ3) is 5.74. The maximum absolute atomic E-state index is 12.5. The highest BCUT2D eigenvalue weighted by Gasteiger charge is 2.20. The predicted octanol–water partition coefficient (Wildman–Crippen LogP) is 1.37. The Hall–Kier alpha value is -0.950. The van der Waals surface area contributed by atoms with Crippen LogP contribution in [0.25, 0.3) is 0 Å². The molecule has 1 aromatic rings. The van der Waals surface area contributed by atoms with Crippen molar-refractivity contribution in [2.45, 2.75) is 24.8 Å². The predicted molar refractivity (Wildman–Crippen MR) is 86.8 cm³/mol. The van der Waals surface area contributed by atoms with Gasteiger partial charge in [-0.25, -0.2) is 8.42 Å². The monoisotopic (exact) mass is 313 g/mol. The van der Waals surface area contributed by atoms with Crippen LogP contribution in [-0.4, -0.2) is 58.4 Å². The Bertz CT molecular complexity index is 529. The molecule has 0 aliphatic carbocycles. The molecule has 1 rings (SSSR count). The lowest BCUT2D eigenvalue weighted by Gasteiger charge is -2.19. The number of nitrogens with zero attached hydrogens (tertiary/aromatic N) is 2. The van der Waals surface area contributed by atoms with Gasteiger partial charge in [0.1, 0.15) is 0 Å². The maximum atomic E-state index is 12.5. The highest BCUT2D eigenvalue weighted by Crippen LogP contribution is 2.15. The number of sulfonamides is 1. The molecule has 0 atom stereocenters. The first-order chi connectivity index (χ1) is 9.87. The molecule has 0 unspecified atom stereocenters. The van der Waals surface area contributed by atoms with Gasteiger partial charge in [-0.1, -0.05) is 19.1 Å². The zero-order chi connectivity index (χ0) is 15.9. The molecule has 0 aromatic heterocycles. The fourth-order valence-electron chi connectivity index (χ4n) is 1.87. The molecule has 120 valence electrons. The van der Waals surface area contributed by atoms with Gasteiger partial charge in [0.2, 0.25) is 10.0 Å². The van der Waals surface area contributed by atoms with Crippen molar-refractivity contribution in [3.8, 4) is 0 Å². The van der Waals surface area contributed by atoms with Gasteiger partial charge in [0.15, 0.2) is 0 Å². The van der Waals surface area contributed by atoms with Crippen LogP contribution in [0.15, 0.2) is 29.2 Å². The van der Waals surface area contributed by atoms with Gasteiger partial charge in [0, 0.05) is 26.7 Å². The normalized spacial score (nSPS) is 12.3. The average molecular weight is 313 g/mol. The van der Waals surface area contributed by atoms with E-state index in [-0.39, 0.29) is 0 Å². The molecule has 0 heterocycles. The standard InChI is InChI=1S/C15H27N3O2S/c1-5-9-16-13-14-7-6-8-15(12-14)21(19,20)18(4)11-10-17(2)3/h6-8,12,16H,5,9-11,13H2,1-4H3. The summed E-state index contributed by atoms with van der Waals surface area (Å²) in [6.45, 7) is 4.91. The number of benzene rings is 1. The Morgan fingerprint density at radius 3 is 2.48 bits per heavy atom. The summed E-state index contributed by atoms with van der Waals surface area (Å²) in [4.78, 5) is 2.33. The van der Waals surface area contributed by atoms with Crippen LogP contribution >= 0.6 is 0 Å². The lowest BCUT2D eigenvalue weighted by Crippen LogP contribution is -2.33. The Labute approximate surface area is 129 Å². The van der Waals surface area contributed by atoms with Crippen LogP contribution in [0.5, 0.6) is 0 Å². The Morgan fingerprint density at radius 2 is 1.86 bits per heavy atom. The molecule has 0 radical (unpaired) electrons. The van der Waals surface area contributed by atoms with Crippen LogP contribution in [0.2, 0.25) is 0 Å². The molecule has 0 aliphatic rings. The van der Waals surface area contributed by atoms with Gasteiger partial charge in [-0.3, -0.25) is 0 Å². The van der Waals surface area contributed by atoms with E-state index in [2.05, 4.69) is 12.2 Å². The zero-order valence-corrected chi connectivity index (χ0v) is 14.3. The van der Waals surface area contributed by atoms with E-state index in [1.807, 2.05) is 25.1 Å². The molecule has 0 bridgehead atoms. The largest absolute Gasteiger partial charge is 0.313 e.